The number of hydrazine groups is 1. The zero-order valence-electron chi connectivity index (χ0n) is 8.29. The Balaban J connectivity index is 2.41. The molecule has 76 valence electrons. The van der Waals surface area contributed by atoms with Crippen LogP contribution in [-0.4, -0.2) is 12.0 Å². The molecule has 1 aliphatic carbocycles. The summed E-state index contributed by atoms with van der Waals surface area (Å²) in [6.07, 6.45) is 6.60. The van der Waals surface area contributed by atoms with Crippen LogP contribution >= 0.6 is 0 Å². The zero-order chi connectivity index (χ0) is 9.68. The molecule has 5 N–H and O–H groups in total. The minimum absolute atomic E-state index is 0.302. The van der Waals surface area contributed by atoms with Gasteiger partial charge in [0.2, 0.25) is 5.96 Å². The molecule has 1 fully saturated rings. The second kappa shape index (κ2) is 5.07. The first-order valence-electron chi connectivity index (χ1n) is 5.04. The van der Waals surface area contributed by atoms with Gasteiger partial charge in [0, 0.05) is 0 Å². The molecule has 0 aromatic heterocycles. The molecular formula is C9H20N4. The summed E-state index contributed by atoms with van der Waals surface area (Å²) < 4.78 is 0. The fraction of sp³-hybridized carbons (Fsp3) is 0.889. The van der Waals surface area contributed by atoms with Crippen LogP contribution < -0.4 is 17.0 Å². The summed E-state index contributed by atoms with van der Waals surface area (Å²) in [7, 11) is 0. The van der Waals surface area contributed by atoms with Crippen LogP contribution in [0.25, 0.3) is 0 Å². The van der Waals surface area contributed by atoms with Crippen LogP contribution in [0.4, 0.5) is 0 Å². The molecule has 1 aliphatic rings. The molecule has 0 aromatic carbocycles. The van der Waals surface area contributed by atoms with E-state index in [2.05, 4.69) is 17.3 Å². The number of guanidine groups is 1. The average molecular weight is 184 g/mol. The summed E-state index contributed by atoms with van der Waals surface area (Å²) in [6, 6.07) is 0.302. The van der Waals surface area contributed by atoms with E-state index in [9.17, 15) is 0 Å². The summed E-state index contributed by atoms with van der Waals surface area (Å²) >= 11 is 0. The Morgan fingerprint density at radius 2 is 2.00 bits per heavy atom. The molecule has 4 heteroatoms. The van der Waals surface area contributed by atoms with E-state index in [-0.39, 0.29) is 0 Å². The minimum Gasteiger partial charge on any atom is -0.369 e. The second-order valence-corrected chi connectivity index (χ2v) is 3.80. The third-order valence-corrected chi connectivity index (χ3v) is 2.82. The maximum absolute atomic E-state index is 5.49. The Hall–Kier alpha value is -0.770. The highest BCUT2D eigenvalue weighted by Gasteiger charge is 2.19. The van der Waals surface area contributed by atoms with E-state index in [1.54, 1.807) is 0 Å². The van der Waals surface area contributed by atoms with Gasteiger partial charge in [-0.3, -0.25) is 5.43 Å². The largest absolute Gasteiger partial charge is 0.369 e. The molecule has 0 aliphatic heterocycles. The van der Waals surface area contributed by atoms with Crippen LogP contribution in [0.1, 0.15) is 39.0 Å². The predicted molar refractivity (Wildman–Crippen MR) is 55.0 cm³/mol. The van der Waals surface area contributed by atoms with Gasteiger partial charge in [-0.2, -0.15) is 0 Å². The van der Waals surface area contributed by atoms with Gasteiger partial charge in [0.25, 0.3) is 0 Å². The molecule has 13 heavy (non-hydrogen) atoms. The quantitative estimate of drug-likeness (QED) is 0.256. The molecule has 0 amide bonds. The van der Waals surface area contributed by atoms with Gasteiger partial charge in [0.1, 0.15) is 0 Å². The standard InChI is InChI=1S/C9H20N4/c1-7(12-9(10)13-11)8-5-3-2-4-6-8/h7-8H,2-6,11H2,1H3,(H3,10,12,13). The Labute approximate surface area is 79.7 Å². The van der Waals surface area contributed by atoms with Crippen molar-refractivity contribution in [1.29, 1.82) is 0 Å². The van der Waals surface area contributed by atoms with E-state index in [0.29, 0.717) is 17.9 Å². The lowest BCUT2D eigenvalue weighted by Gasteiger charge is -2.25. The highest BCUT2D eigenvalue weighted by atomic mass is 15.3. The van der Waals surface area contributed by atoms with Crippen molar-refractivity contribution in [2.24, 2.45) is 22.5 Å². The highest BCUT2D eigenvalue weighted by Crippen LogP contribution is 2.27. The van der Waals surface area contributed by atoms with Crippen LogP contribution in [0.3, 0.4) is 0 Å². The first-order valence-corrected chi connectivity index (χ1v) is 5.04. The van der Waals surface area contributed by atoms with Gasteiger partial charge in [-0.05, 0) is 25.7 Å². The summed E-state index contributed by atoms with van der Waals surface area (Å²) in [4.78, 5) is 4.28. The summed E-state index contributed by atoms with van der Waals surface area (Å²) in [5.41, 5.74) is 7.86. The van der Waals surface area contributed by atoms with Gasteiger partial charge < -0.3 is 5.73 Å². The van der Waals surface area contributed by atoms with E-state index in [4.69, 9.17) is 11.6 Å². The van der Waals surface area contributed by atoms with Crippen LogP contribution in [0.15, 0.2) is 4.99 Å². The fourth-order valence-electron chi connectivity index (χ4n) is 1.98. The lowest BCUT2D eigenvalue weighted by atomic mass is 9.85. The molecule has 0 aromatic rings. The maximum atomic E-state index is 5.49. The molecule has 0 bridgehead atoms. The van der Waals surface area contributed by atoms with Gasteiger partial charge in [-0.25, -0.2) is 10.8 Å². The van der Waals surface area contributed by atoms with Crippen molar-refractivity contribution in [3.8, 4) is 0 Å². The molecule has 1 saturated carbocycles. The van der Waals surface area contributed by atoms with Crippen LogP contribution in [0, 0.1) is 5.92 Å². The van der Waals surface area contributed by atoms with Gasteiger partial charge >= 0.3 is 0 Å². The van der Waals surface area contributed by atoms with Crippen molar-refractivity contribution in [3.05, 3.63) is 0 Å². The van der Waals surface area contributed by atoms with Gasteiger partial charge in [-0.1, -0.05) is 19.3 Å². The van der Waals surface area contributed by atoms with Crippen LogP contribution in [-0.2, 0) is 0 Å². The first kappa shape index (κ1) is 10.3. The molecule has 0 heterocycles. The molecule has 1 atom stereocenters. The van der Waals surface area contributed by atoms with Crippen molar-refractivity contribution in [2.75, 3.05) is 0 Å². The maximum Gasteiger partial charge on any atom is 0.203 e. The highest BCUT2D eigenvalue weighted by molar-refractivity contribution is 5.77. The van der Waals surface area contributed by atoms with E-state index in [1.165, 1.54) is 32.1 Å². The SMILES string of the molecule is CC(N=C(N)NN)C1CCCCC1. The van der Waals surface area contributed by atoms with Crippen molar-refractivity contribution < 1.29 is 0 Å². The third kappa shape index (κ3) is 3.22. The number of nitrogens with zero attached hydrogens (tertiary/aromatic N) is 1. The number of rotatable bonds is 2. The Morgan fingerprint density at radius 3 is 2.54 bits per heavy atom. The molecule has 4 nitrogen and oxygen atoms in total. The number of aliphatic imine (C=N–C) groups is 1. The van der Waals surface area contributed by atoms with Crippen molar-refractivity contribution >= 4 is 5.96 Å². The number of nitrogens with two attached hydrogens (primary N) is 2. The smallest absolute Gasteiger partial charge is 0.203 e. The number of hydrogen-bond acceptors (Lipinski definition) is 2. The van der Waals surface area contributed by atoms with Crippen molar-refractivity contribution in [3.63, 3.8) is 0 Å². The van der Waals surface area contributed by atoms with E-state index < -0.39 is 0 Å². The zero-order valence-corrected chi connectivity index (χ0v) is 8.29. The van der Waals surface area contributed by atoms with E-state index in [1.807, 2.05) is 0 Å². The summed E-state index contributed by atoms with van der Waals surface area (Å²) in [5, 5.41) is 0. The molecule has 0 spiro atoms. The lowest BCUT2D eigenvalue weighted by molar-refractivity contribution is 0.317. The van der Waals surface area contributed by atoms with E-state index in [0.717, 1.165) is 0 Å². The van der Waals surface area contributed by atoms with Crippen LogP contribution in [0.5, 0.6) is 0 Å². The first-order chi connectivity index (χ1) is 6.24. The van der Waals surface area contributed by atoms with E-state index >= 15 is 0 Å². The average Bonchev–Trinajstić information content (AvgIpc) is 2.19. The number of nitrogens with one attached hydrogen (secondary N) is 1. The van der Waals surface area contributed by atoms with Gasteiger partial charge in [0.15, 0.2) is 0 Å². The number of hydrogen-bond donors (Lipinski definition) is 3. The summed E-state index contributed by atoms with van der Waals surface area (Å²) in [6.45, 7) is 2.11. The second-order valence-electron chi connectivity index (χ2n) is 3.80. The molecular weight excluding hydrogens is 164 g/mol. The topological polar surface area (TPSA) is 76.4 Å². The van der Waals surface area contributed by atoms with Gasteiger partial charge in [-0.15, -0.1) is 0 Å². The van der Waals surface area contributed by atoms with Crippen molar-refractivity contribution in [1.82, 2.24) is 5.43 Å². The molecule has 0 radical (unpaired) electrons. The molecule has 0 saturated heterocycles. The predicted octanol–water partition coefficient (Wildman–Crippen LogP) is 0.733. The van der Waals surface area contributed by atoms with Crippen LogP contribution in [0.2, 0.25) is 0 Å². The third-order valence-electron chi connectivity index (χ3n) is 2.82. The Bertz CT molecular complexity index is 172. The minimum atomic E-state index is 0.302. The lowest BCUT2D eigenvalue weighted by Crippen LogP contribution is -2.38. The summed E-state index contributed by atoms with van der Waals surface area (Å²) in [5.74, 6) is 6.18. The monoisotopic (exact) mass is 184 g/mol. The Morgan fingerprint density at radius 1 is 1.38 bits per heavy atom. The Kier molecular flexibility index (Phi) is 4.02. The van der Waals surface area contributed by atoms with Crippen molar-refractivity contribution in [2.45, 2.75) is 45.1 Å². The van der Waals surface area contributed by atoms with Gasteiger partial charge in [0.05, 0.1) is 6.04 Å². The molecule has 1 rings (SSSR count). The fourth-order valence-corrected chi connectivity index (χ4v) is 1.98. The normalized spacial score (nSPS) is 22.8. The molecule has 1 unspecified atom stereocenters.